The predicted molar refractivity (Wildman–Crippen MR) is 118 cm³/mol. The fourth-order valence-corrected chi connectivity index (χ4v) is 4.14. The average Bonchev–Trinajstić information content (AvgIpc) is 3.22. The van der Waals surface area contributed by atoms with Gasteiger partial charge in [0.15, 0.2) is 6.23 Å². The molecule has 0 fully saturated rings. The summed E-state index contributed by atoms with van der Waals surface area (Å²) in [5.41, 5.74) is 10.0. The number of halogens is 1. The molecule has 0 bridgehead atoms. The topological polar surface area (TPSA) is 93.1 Å². The Kier molecular flexibility index (Phi) is 4.79. The minimum Gasteiger partial charge on any atom is -0.487 e. The number of ether oxygens (including phenoxy) is 1. The Morgan fingerprint density at radius 3 is 2.75 bits per heavy atom. The Labute approximate surface area is 183 Å². The molecule has 0 radical (unpaired) electrons. The molecular weight excluding hydrogens is 411 g/mol. The molecule has 2 unspecified atom stereocenters. The molecule has 2 aromatic heterocycles. The van der Waals surface area contributed by atoms with E-state index in [2.05, 4.69) is 5.10 Å². The van der Waals surface area contributed by atoms with Gasteiger partial charge < -0.3 is 20.5 Å². The first kappa shape index (κ1) is 20.0. The summed E-state index contributed by atoms with van der Waals surface area (Å²) in [6.07, 6.45) is 2.76. The number of primary amides is 1. The minimum atomic E-state index is -0.870. The van der Waals surface area contributed by atoms with Crippen LogP contribution in [0.5, 0.6) is 5.75 Å². The number of aliphatic hydroxyl groups is 1. The number of nitrogens with zero attached hydrogens (tertiary/aromatic N) is 3. The summed E-state index contributed by atoms with van der Waals surface area (Å²) in [5, 5.41) is 15.1. The number of fused-ring (bicyclic) bond motifs is 2. The number of aliphatic hydroxyl groups excluding tert-OH is 1. The van der Waals surface area contributed by atoms with E-state index in [4.69, 9.17) is 10.5 Å². The summed E-state index contributed by atoms with van der Waals surface area (Å²) in [6.45, 7) is 2.03. The van der Waals surface area contributed by atoms with E-state index < -0.39 is 12.1 Å². The summed E-state index contributed by atoms with van der Waals surface area (Å²) in [6, 6.07) is 15.1. The van der Waals surface area contributed by atoms with E-state index in [-0.39, 0.29) is 18.5 Å². The molecule has 5 rings (SSSR count). The van der Waals surface area contributed by atoms with Crippen LogP contribution in [-0.2, 0) is 0 Å². The van der Waals surface area contributed by atoms with E-state index in [0.29, 0.717) is 17.0 Å². The van der Waals surface area contributed by atoms with Gasteiger partial charge in [-0.2, -0.15) is 5.10 Å². The fourth-order valence-electron chi connectivity index (χ4n) is 4.14. The van der Waals surface area contributed by atoms with Crippen LogP contribution >= 0.6 is 0 Å². The Balaban J connectivity index is 1.54. The van der Waals surface area contributed by atoms with Crippen LogP contribution in [0.25, 0.3) is 16.6 Å². The number of carbonyl (C=O) groups excluding carboxylic acids is 1. The second-order valence-electron chi connectivity index (χ2n) is 7.78. The highest BCUT2D eigenvalue weighted by molar-refractivity contribution is 5.93. The number of hydrogen-bond acceptors (Lipinski definition) is 5. The molecular formula is C24H21FN4O3. The van der Waals surface area contributed by atoms with Crippen LogP contribution in [-0.4, -0.2) is 33.5 Å². The van der Waals surface area contributed by atoms with Crippen molar-refractivity contribution in [2.75, 3.05) is 11.5 Å². The molecule has 0 aliphatic carbocycles. The third-order valence-electron chi connectivity index (χ3n) is 5.83. The Morgan fingerprint density at radius 2 is 2.00 bits per heavy atom. The molecule has 3 N–H and O–H groups in total. The maximum atomic E-state index is 13.7. The second-order valence-corrected chi connectivity index (χ2v) is 7.78. The zero-order valence-electron chi connectivity index (χ0n) is 17.3. The summed E-state index contributed by atoms with van der Waals surface area (Å²) in [7, 11) is 0. The molecule has 2 atom stereocenters. The normalized spacial score (nSPS) is 16.5. The van der Waals surface area contributed by atoms with Crippen LogP contribution in [0.1, 0.15) is 28.9 Å². The zero-order chi connectivity index (χ0) is 22.4. The van der Waals surface area contributed by atoms with Gasteiger partial charge in [-0.3, -0.25) is 4.79 Å². The lowest BCUT2D eigenvalue weighted by Crippen LogP contribution is -2.44. The molecule has 32 heavy (non-hydrogen) atoms. The van der Waals surface area contributed by atoms with E-state index in [1.165, 1.54) is 12.1 Å². The van der Waals surface area contributed by atoms with Gasteiger partial charge in [0.2, 0.25) is 5.91 Å². The molecule has 2 aromatic carbocycles. The van der Waals surface area contributed by atoms with Gasteiger partial charge in [-0.05, 0) is 54.4 Å². The standard InChI is InChI=1S/C24H21FN4O3/c1-14(29-20-7-6-18(25)11-22(20)32-13-23(29)30)17-8-9-28-21(10-17)19(12-27-28)15-2-4-16(5-3-15)24(26)31/h2-12,14,23,30H,13H2,1H3,(H2,26,31). The van der Waals surface area contributed by atoms with E-state index in [0.717, 1.165) is 22.2 Å². The smallest absolute Gasteiger partial charge is 0.248 e. The number of rotatable bonds is 4. The van der Waals surface area contributed by atoms with Crippen LogP contribution in [0.2, 0.25) is 0 Å². The molecule has 1 aliphatic heterocycles. The van der Waals surface area contributed by atoms with Gasteiger partial charge in [0.25, 0.3) is 0 Å². The maximum Gasteiger partial charge on any atom is 0.248 e. The first-order valence-corrected chi connectivity index (χ1v) is 10.2. The van der Waals surface area contributed by atoms with Gasteiger partial charge >= 0.3 is 0 Å². The number of hydrogen-bond donors (Lipinski definition) is 2. The van der Waals surface area contributed by atoms with Gasteiger partial charge in [-0.1, -0.05) is 12.1 Å². The molecule has 8 heteroatoms. The number of aromatic nitrogens is 2. The van der Waals surface area contributed by atoms with Crippen molar-refractivity contribution >= 4 is 17.1 Å². The maximum absolute atomic E-state index is 13.7. The molecule has 0 saturated heterocycles. The number of nitrogens with two attached hydrogens (primary N) is 1. The molecule has 0 saturated carbocycles. The van der Waals surface area contributed by atoms with Crippen molar-refractivity contribution in [3.8, 4) is 16.9 Å². The number of anilines is 1. The van der Waals surface area contributed by atoms with Crippen molar-refractivity contribution in [2.45, 2.75) is 19.2 Å². The van der Waals surface area contributed by atoms with Crippen molar-refractivity contribution in [2.24, 2.45) is 5.73 Å². The Bertz CT molecular complexity index is 1320. The molecule has 1 amide bonds. The predicted octanol–water partition coefficient (Wildman–Crippen LogP) is 3.52. The summed E-state index contributed by atoms with van der Waals surface area (Å²) in [5.74, 6) is -0.458. The van der Waals surface area contributed by atoms with Crippen LogP contribution < -0.4 is 15.4 Å². The summed E-state index contributed by atoms with van der Waals surface area (Å²) in [4.78, 5) is 13.2. The molecule has 4 aromatic rings. The molecule has 3 heterocycles. The first-order valence-electron chi connectivity index (χ1n) is 10.2. The SMILES string of the molecule is CC(c1ccn2ncc(-c3ccc(C(N)=O)cc3)c2c1)N1c2ccc(F)cc2OCC1O. The highest BCUT2D eigenvalue weighted by Crippen LogP contribution is 2.39. The first-order chi connectivity index (χ1) is 15.4. The third-order valence-corrected chi connectivity index (χ3v) is 5.83. The average molecular weight is 432 g/mol. The van der Waals surface area contributed by atoms with Gasteiger partial charge in [0.1, 0.15) is 18.2 Å². The van der Waals surface area contributed by atoms with E-state index in [1.54, 1.807) is 28.9 Å². The highest BCUT2D eigenvalue weighted by atomic mass is 19.1. The lowest BCUT2D eigenvalue weighted by molar-refractivity contribution is 0.0836. The van der Waals surface area contributed by atoms with Crippen LogP contribution in [0.15, 0.2) is 67.0 Å². The molecule has 7 nitrogen and oxygen atoms in total. The van der Waals surface area contributed by atoms with E-state index in [9.17, 15) is 14.3 Å². The minimum absolute atomic E-state index is 0.0488. The summed E-state index contributed by atoms with van der Waals surface area (Å²) >= 11 is 0. The van der Waals surface area contributed by atoms with Crippen LogP contribution in [0, 0.1) is 5.82 Å². The Morgan fingerprint density at radius 1 is 1.22 bits per heavy atom. The molecule has 162 valence electrons. The molecule has 1 aliphatic rings. The number of carbonyl (C=O) groups is 1. The quantitative estimate of drug-likeness (QED) is 0.515. The van der Waals surface area contributed by atoms with Crippen LogP contribution in [0.4, 0.5) is 10.1 Å². The lowest BCUT2D eigenvalue weighted by Gasteiger charge is -2.40. The van der Waals surface area contributed by atoms with Crippen molar-refractivity contribution < 1.29 is 19.0 Å². The largest absolute Gasteiger partial charge is 0.487 e. The second kappa shape index (κ2) is 7.65. The van der Waals surface area contributed by atoms with Crippen molar-refractivity contribution in [1.82, 2.24) is 9.61 Å². The third kappa shape index (κ3) is 3.34. The lowest BCUT2D eigenvalue weighted by atomic mass is 10.0. The number of amides is 1. The number of pyridine rings is 1. The highest BCUT2D eigenvalue weighted by Gasteiger charge is 2.31. The van der Waals surface area contributed by atoms with E-state index >= 15 is 0 Å². The monoisotopic (exact) mass is 432 g/mol. The van der Waals surface area contributed by atoms with Gasteiger partial charge in [0.05, 0.1) is 23.4 Å². The van der Waals surface area contributed by atoms with Crippen molar-refractivity contribution in [1.29, 1.82) is 0 Å². The number of benzene rings is 2. The van der Waals surface area contributed by atoms with Crippen molar-refractivity contribution in [3.05, 3.63) is 83.9 Å². The summed E-state index contributed by atoms with van der Waals surface area (Å²) < 4.78 is 20.9. The Hall–Kier alpha value is -3.91. The van der Waals surface area contributed by atoms with Gasteiger partial charge in [0, 0.05) is 23.4 Å². The van der Waals surface area contributed by atoms with E-state index in [1.807, 2.05) is 42.3 Å². The fraction of sp³-hybridized carbons (Fsp3) is 0.167. The van der Waals surface area contributed by atoms with Crippen molar-refractivity contribution in [3.63, 3.8) is 0 Å². The van der Waals surface area contributed by atoms with Gasteiger partial charge in [-0.25, -0.2) is 8.91 Å². The molecule has 0 spiro atoms. The van der Waals surface area contributed by atoms with Crippen LogP contribution in [0.3, 0.4) is 0 Å². The van der Waals surface area contributed by atoms with Gasteiger partial charge in [-0.15, -0.1) is 0 Å². The zero-order valence-corrected chi connectivity index (χ0v) is 17.3.